The molecule has 0 heterocycles. The van der Waals surface area contributed by atoms with E-state index in [1.54, 1.807) is 6.07 Å². The zero-order chi connectivity index (χ0) is 26.9. The van der Waals surface area contributed by atoms with Gasteiger partial charge in [-0.05, 0) is 82.5 Å². The Morgan fingerprint density at radius 1 is 0.949 bits per heavy atom. The van der Waals surface area contributed by atoms with Crippen molar-refractivity contribution < 1.29 is 38.3 Å². The van der Waals surface area contributed by atoms with Gasteiger partial charge in [-0.2, -0.15) is 11.8 Å². The second-order valence-corrected chi connectivity index (χ2v) is 10.2. The summed E-state index contributed by atoms with van der Waals surface area (Å²) in [7, 11) is 0. The molecule has 1 N–H and O–H groups in total. The average Bonchev–Trinajstić information content (AvgIpc) is 2.93. The van der Waals surface area contributed by atoms with Crippen LogP contribution in [0.1, 0.15) is 33.5 Å². The number of carbonyl (C=O) groups is 2. The second kappa shape index (κ2) is 15.0. The van der Waals surface area contributed by atoms with Crippen LogP contribution in [0.4, 0.5) is 0 Å². The Morgan fingerprint density at radius 3 is 2.46 bits per heavy atom. The van der Waals surface area contributed by atoms with Crippen LogP contribution in [0.2, 0.25) is 0 Å². The Labute approximate surface area is 246 Å². The van der Waals surface area contributed by atoms with Crippen molar-refractivity contribution >= 4 is 34.4 Å². The van der Waals surface area contributed by atoms with E-state index in [-0.39, 0.29) is 18.9 Å². The number of rotatable bonds is 12. The summed E-state index contributed by atoms with van der Waals surface area (Å²) in [6.45, 7) is 2.96. The summed E-state index contributed by atoms with van der Waals surface area (Å²) in [6, 6.07) is 27.0. The Balaban J connectivity index is 0.00000420. The standard InChI is InChI=1S/C32H33NO4S.Li/c1-22-8-3-5-12-26(22)29-20-23(14-15-28(29)31(34)33-30(32(35)36)17-19-38-2)21-37-18-16-25-11-7-10-24-9-4-6-13-27(24)25;/h3-15,20,30H,16-19,21H2,1-2H3,(H,33,34)(H,35,36);/q;+1/p-1/t30-;/m0./s1. The van der Waals surface area contributed by atoms with E-state index in [1.165, 1.54) is 28.1 Å². The molecule has 4 rings (SSSR count). The van der Waals surface area contributed by atoms with E-state index in [0.717, 1.165) is 28.7 Å². The van der Waals surface area contributed by atoms with Crippen molar-refractivity contribution in [3.63, 3.8) is 0 Å². The van der Waals surface area contributed by atoms with Crippen molar-refractivity contribution in [3.8, 4) is 11.1 Å². The van der Waals surface area contributed by atoms with E-state index >= 15 is 0 Å². The van der Waals surface area contributed by atoms with Crippen LogP contribution in [0.3, 0.4) is 0 Å². The summed E-state index contributed by atoms with van der Waals surface area (Å²) in [4.78, 5) is 24.8. The number of ether oxygens (including phenoxy) is 1. The minimum absolute atomic E-state index is 0. The molecule has 0 unspecified atom stereocenters. The number of hydrogen-bond donors (Lipinski definition) is 1. The van der Waals surface area contributed by atoms with Gasteiger partial charge in [-0.25, -0.2) is 0 Å². The van der Waals surface area contributed by atoms with Gasteiger partial charge in [0.1, 0.15) is 0 Å². The van der Waals surface area contributed by atoms with Crippen LogP contribution in [-0.4, -0.2) is 36.5 Å². The van der Waals surface area contributed by atoms with Gasteiger partial charge >= 0.3 is 18.9 Å². The minimum Gasteiger partial charge on any atom is -0.548 e. The van der Waals surface area contributed by atoms with Gasteiger partial charge < -0.3 is 20.0 Å². The molecule has 0 radical (unpaired) electrons. The van der Waals surface area contributed by atoms with E-state index in [4.69, 9.17) is 4.74 Å². The Hall–Kier alpha value is -3.01. The number of thioether (sulfide) groups is 1. The van der Waals surface area contributed by atoms with Gasteiger partial charge in [0, 0.05) is 5.56 Å². The number of fused-ring (bicyclic) bond motifs is 1. The third-order valence-corrected chi connectivity index (χ3v) is 7.27. The van der Waals surface area contributed by atoms with Crippen molar-refractivity contribution in [2.45, 2.75) is 32.4 Å². The molecule has 0 aromatic heterocycles. The normalized spacial score (nSPS) is 11.5. The molecular formula is C32H32LiNO4S. The molecule has 0 fully saturated rings. The molecule has 196 valence electrons. The quantitative estimate of drug-likeness (QED) is 0.223. The summed E-state index contributed by atoms with van der Waals surface area (Å²) in [5.41, 5.74) is 5.31. The summed E-state index contributed by atoms with van der Waals surface area (Å²) < 4.78 is 6.05. The molecule has 4 aromatic rings. The van der Waals surface area contributed by atoms with Gasteiger partial charge in [0.05, 0.1) is 25.2 Å². The predicted molar refractivity (Wildman–Crippen MR) is 153 cm³/mol. The number of benzene rings is 4. The molecule has 0 saturated carbocycles. The molecule has 7 heteroatoms. The maximum absolute atomic E-state index is 13.2. The maximum atomic E-state index is 13.2. The zero-order valence-corrected chi connectivity index (χ0v) is 23.6. The van der Waals surface area contributed by atoms with Crippen molar-refractivity contribution in [1.82, 2.24) is 5.32 Å². The summed E-state index contributed by atoms with van der Waals surface area (Å²) in [6.07, 6.45) is 3.00. The largest absolute Gasteiger partial charge is 1.00 e. The SMILES string of the molecule is CSCC[C@H](NC(=O)c1ccc(COCCc2cccc3ccccc23)cc1-c1ccccc1C)C(=O)[O-].[Li+]. The van der Waals surface area contributed by atoms with E-state index in [0.29, 0.717) is 31.0 Å². The Bertz CT molecular complexity index is 1420. The monoisotopic (exact) mass is 533 g/mol. The third-order valence-electron chi connectivity index (χ3n) is 6.63. The first-order valence-electron chi connectivity index (χ1n) is 12.7. The smallest absolute Gasteiger partial charge is 0.548 e. The number of carboxylic acids is 1. The molecule has 1 atom stereocenters. The van der Waals surface area contributed by atoms with Gasteiger partial charge in [0.25, 0.3) is 5.91 Å². The maximum Gasteiger partial charge on any atom is 1.00 e. The van der Waals surface area contributed by atoms with Gasteiger partial charge in [-0.3, -0.25) is 4.79 Å². The van der Waals surface area contributed by atoms with Crippen molar-refractivity contribution in [3.05, 3.63) is 107 Å². The van der Waals surface area contributed by atoms with Gasteiger partial charge in [0.2, 0.25) is 0 Å². The average molecular weight is 534 g/mol. The Morgan fingerprint density at radius 2 is 1.69 bits per heavy atom. The zero-order valence-electron chi connectivity index (χ0n) is 22.7. The molecule has 0 bridgehead atoms. The third kappa shape index (κ3) is 8.00. The number of amides is 1. The molecule has 0 aliphatic rings. The number of hydrogen-bond acceptors (Lipinski definition) is 5. The topological polar surface area (TPSA) is 78.5 Å². The molecule has 0 spiro atoms. The van der Waals surface area contributed by atoms with E-state index in [1.807, 2.05) is 55.6 Å². The fourth-order valence-corrected chi connectivity index (χ4v) is 5.05. The van der Waals surface area contributed by atoms with Crippen molar-refractivity contribution in [1.29, 1.82) is 0 Å². The fourth-order valence-electron chi connectivity index (χ4n) is 4.58. The van der Waals surface area contributed by atoms with Crippen LogP contribution in [0.25, 0.3) is 21.9 Å². The summed E-state index contributed by atoms with van der Waals surface area (Å²) in [5, 5.41) is 16.7. The molecule has 1 amide bonds. The van der Waals surface area contributed by atoms with E-state index in [2.05, 4.69) is 41.7 Å². The summed E-state index contributed by atoms with van der Waals surface area (Å²) >= 11 is 1.53. The molecule has 0 saturated heterocycles. The predicted octanol–water partition coefficient (Wildman–Crippen LogP) is 2.18. The molecule has 0 aliphatic carbocycles. The molecule has 4 aromatic carbocycles. The summed E-state index contributed by atoms with van der Waals surface area (Å²) in [5.74, 6) is -1.10. The van der Waals surface area contributed by atoms with Crippen LogP contribution >= 0.6 is 11.8 Å². The number of aliphatic carboxylic acids is 1. The van der Waals surface area contributed by atoms with Gasteiger partial charge in [-0.1, -0.05) is 72.8 Å². The van der Waals surface area contributed by atoms with Crippen LogP contribution in [0.5, 0.6) is 0 Å². The van der Waals surface area contributed by atoms with Crippen LogP contribution in [0, 0.1) is 6.92 Å². The van der Waals surface area contributed by atoms with E-state index in [9.17, 15) is 14.7 Å². The fraction of sp³-hybridized carbons (Fsp3) is 0.250. The molecule has 39 heavy (non-hydrogen) atoms. The van der Waals surface area contributed by atoms with Gasteiger partial charge in [-0.15, -0.1) is 0 Å². The molecule has 5 nitrogen and oxygen atoms in total. The first-order chi connectivity index (χ1) is 18.5. The number of carboxylic acid groups (broad SMARTS) is 1. The van der Waals surface area contributed by atoms with Crippen molar-refractivity contribution in [2.75, 3.05) is 18.6 Å². The van der Waals surface area contributed by atoms with E-state index < -0.39 is 17.9 Å². The molecule has 0 aliphatic heterocycles. The van der Waals surface area contributed by atoms with Crippen molar-refractivity contribution in [2.24, 2.45) is 0 Å². The Kier molecular flexibility index (Phi) is 11.7. The van der Waals surface area contributed by atoms with Crippen LogP contribution < -0.4 is 29.3 Å². The number of aryl methyl sites for hydroxylation is 1. The van der Waals surface area contributed by atoms with Crippen LogP contribution in [-0.2, 0) is 22.6 Å². The van der Waals surface area contributed by atoms with Crippen LogP contribution in [0.15, 0.2) is 84.9 Å². The minimum atomic E-state index is -1.28. The first-order valence-corrected chi connectivity index (χ1v) is 14.1. The second-order valence-electron chi connectivity index (χ2n) is 9.26. The number of carbonyl (C=O) groups excluding carboxylic acids is 2. The number of nitrogens with one attached hydrogen (secondary N) is 1. The molecular weight excluding hydrogens is 501 g/mol. The first kappa shape index (κ1) is 30.5. The van der Waals surface area contributed by atoms with Gasteiger partial charge in [0.15, 0.2) is 0 Å².